The lowest BCUT2D eigenvalue weighted by Gasteiger charge is -2.17. The number of carbonyl (C=O) groups excluding carboxylic acids is 2. The van der Waals surface area contributed by atoms with E-state index in [1.165, 1.54) is 6.92 Å². The number of rotatable bonds is 4. The molecular weight excluding hydrogens is 212 g/mol. The lowest BCUT2D eigenvalue weighted by molar-refractivity contribution is -0.141. The Bertz CT molecular complexity index is 294. The number of carboxylic acid groups (broad SMARTS) is 1. The van der Waals surface area contributed by atoms with Gasteiger partial charge in [-0.05, 0) is 6.92 Å². The number of nitrogens with one attached hydrogen (secondary N) is 2. The fourth-order valence-electron chi connectivity index (χ4n) is 0.780. The first-order chi connectivity index (χ1) is 7.14. The van der Waals surface area contributed by atoms with Gasteiger partial charge in [0.15, 0.2) is 0 Å². The molecule has 0 aliphatic rings. The summed E-state index contributed by atoms with van der Waals surface area (Å²) in [6.07, 6.45) is 0. The Labute approximate surface area is 94.4 Å². The molecule has 92 valence electrons. The maximum absolute atomic E-state index is 11.4. The van der Waals surface area contributed by atoms with Crippen LogP contribution in [0.5, 0.6) is 0 Å². The van der Waals surface area contributed by atoms with Gasteiger partial charge >= 0.3 is 5.97 Å². The van der Waals surface area contributed by atoms with E-state index in [0.29, 0.717) is 0 Å². The van der Waals surface area contributed by atoms with Gasteiger partial charge in [0.25, 0.3) is 0 Å². The molecule has 0 aromatic carbocycles. The Hall–Kier alpha value is -1.59. The summed E-state index contributed by atoms with van der Waals surface area (Å²) in [5.74, 6) is -1.89. The molecule has 6 heteroatoms. The molecule has 0 aliphatic heterocycles. The number of carboxylic acids is 1. The predicted octanol–water partition coefficient (Wildman–Crippen LogP) is -0.262. The third-order valence-corrected chi connectivity index (χ3v) is 1.84. The van der Waals surface area contributed by atoms with Gasteiger partial charge in [0.2, 0.25) is 11.8 Å². The van der Waals surface area contributed by atoms with E-state index in [1.54, 1.807) is 20.8 Å². The Morgan fingerprint density at radius 2 is 1.75 bits per heavy atom. The summed E-state index contributed by atoms with van der Waals surface area (Å²) in [5.41, 5.74) is -0.571. The van der Waals surface area contributed by atoms with E-state index in [1.807, 2.05) is 0 Å². The van der Waals surface area contributed by atoms with E-state index < -0.39 is 23.3 Å². The van der Waals surface area contributed by atoms with Crippen LogP contribution in [0.3, 0.4) is 0 Å². The van der Waals surface area contributed by atoms with Crippen LogP contribution in [-0.2, 0) is 14.4 Å². The summed E-state index contributed by atoms with van der Waals surface area (Å²) in [4.78, 5) is 33.0. The van der Waals surface area contributed by atoms with E-state index in [2.05, 4.69) is 10.6 Å². The Balaban J connectivity index is 4.01. The zero-order valence-electron chi connectivity index (χ0n) is 9.96. The molecule has 0 saturated carbocycles. The minimum atomic E-state index is -1.12. The molecule has 0 bridgehead atoms. The van der Waals surface area contributed by atoms with E-state index in [0.717, 1.165) is 0 Å². The highest BCUT2D eigenvalue weighted by molar-refractivity contribution is 5.89. The van der Waals surface area contributed by atoms with Gasteiger partial charge in [-0.15, -0.1) is 0 Å². The quantitative estimate of drug-likeness (QED) is 0.620. The summed E-state index contributed by atoms with van der Waals surface area (Å²) in [6, 6.07) is -0.959. The van der Waals surface area contributed by atoms with Gasteiger partial charge < -0.3 is 15.7 Å². The highest BCUT2D eigenvalue weighted by Crippen LogP contribution is 2.11. The highest BCUT2D eigenvalue weighted by Gasteiger charge is 2.22. The molecule has 0 saturated heterocycles. The molecule has 0 aliphatic carbocycles. The lowest BCUT2D eigenvalue weighted by Crippen LogP contribution is -2.46. The van der Waals surface area contributed by atoms with Crippen molar-refractivity contribution in [3.05, 3.63) is 0 Å². The van der Waals surface area contributed by atoms with Crippen molar-refractivity contribution >= 4 is 17.8 Å². The normalized spacial score (nSPS) is 12.8. The zero-order chi connectivity index (χ0) is 12.9. The van der Waals surface area contributed by atoms with E-state index in [9.17, 15) is 14.4 Å². The van der Waals surface area contributed by atoms with Crippen molar-refractivity contribution < 1.29 is 19.5 Å². The molecule has 6 nitrogen and oxygen atoms in total. The predicted molar refractivity (Wildman–Crippen MR) is 57.7 cm³/mol. The number of amides is 2. The third-order valence-electron chi connectivity index (χ3n) is 1.84. The fourth-order valence-corrected chi connectivity index (χ4v) is 0.780. The molecule has 0 fully saturated rings. The zero-order valence-corrected chi connectivity index (χ0v) is 9.96. The Kier molecular flexibility index (Phi) is 4.94. The van der Waals surface area contributed by atoms with Gasteiger partial charge in [-0.25, -0.2) is 0 Å². The smallest absolute Gasteiger partial charge is 0.325 e. The number of hydrogen-bond acceptors (Lipinski definition) is 3. The summed E-state index contributed by atoms with van der Waals surface area (Å²) >= 11 is 0. The summed E-state index contributed by atoms with van der Waals surface area (Å²) < 4.78 is 0. The van der Waals surface area contributed by atoms with Crippen molar-refractivity contribution in [1.29, 1.82) is 0 Å². The van der Waals surface area contributed by atoms with Crippen LogP contribution in [0, 0.1) is 5.41 Å². The molecule has 3 N–H and O–H groups in total. The molecule has 16 heavy (non-hydrogen) atoms. The maximum Gasteiger partial charge on any atom is 0.325 e. The van der Waals surface area contributed by atoms with Crippen molar-refractivity contribution in [2.24, 2.45) is 5.41 Å². The number of carbonyl (C=O) groups is 3. The molecule has 0 rings (SSSR count). The van der Waals surface area contributed by atoms with Crippen LogP contribution in [0.15, 0.2) is 0 Å². The second-order valence-electron chi connectivity index (χ2n) is 4.56. The first kappa shape index (κ1) is 14.4. The summed E-state index contributed by atoms with van der Waals surface area (Å²) in [7, 11) is 0. The van der Waals surface area contributed by atoms with Gasteiger partial charge in [0, 0.05) is 5.41 Å². The Morgan fingerprint density at radius 1 is 1.25 bits per heavy atom. The average molecular weight is 230 g/mol. The second kappa shape index (κ2) is 5.48. The molecule has 0 radical (unpaired) electrons. The topological polar surface area (TPSA) is 95.5 Å². The summed E-state index contributed by atoms with van der Waals surface area (Å²) in [5, 5.41) is 13.2. The minimum absolute atomic E-state index is 0.215. The van der Waals surface area contributed by atoms with Gasteiger partial charge in [-0.2, -0.15) is 0 Å². The third kappa shape index (κ3) is 5.33. The van der Waals surface area contributed by atoms with E-state index in [4.69, 9.17) is 5.11 Å². The molecular formula is C10H18N2O4. The van der Waals surface area contributed by atoms with Gasteiger partial charge in [-0.1, -0.05) is 20.8 Å². The molecule has 0 spiro atoms. The van der Waals surface area contributed by atoms with Crippen LogP contribution in [0.1, 0.15) is 27.7 Å². The van der Waals surface area contributed by atoms with Crippen molar-refractivity contribution in [3.8, 4) is 0 Å². The fraction of sp³-hybridized carbons (Fsp3) is 0.700. The van der Waals surface area contributed by atoms with Crippen molar-refractivity contribution in [2.45, 2.75) is 33.7 Å². The molecule has 0 unspecified atom stereocenters. The van der Waals surface area contributed by atoms with Crippen LogP contribution in [0.25, 0.3) is 0 Å². The minimum Gasteiger partial charge on any atom is -0.480 e. The van der Waals surface area contributed by atoms with Crippen LogP contribution < -0.4 is 10.6 Å². The lowest BCUT2D eigenvalue weighted by atomic mass is 9.96. The van der Waals surface area contributed by atoms with Crippen molar-refractivity contribution in [3.63, 3.8) is 0 Å². The summed E-state index contributed by atoms with van der Waals surface area (Å²) in [6.45, 7) is 6.31. The molecule has 0 aromatic rings. The molecule has 2 amide bonds. The second-order valence-corrected chi connectivity index (χ2v) is 4.56. The monoisotopic (exact) mass is 230 g/mol. The van der Waals surface area contributed by atoms with E-state index in [-0.39, 0.29) is 12.5 Å². The van der Waals surface area contributed by atoms with Crippen LogP contribution in [0.4, 0.5) is 0 Å². The Morgan fingerprint density at radius 3 is 2.12 bits per heavy atom. The molecule has 1 atom stereocenters. The number of aliphatic carboxylic acids is 1. The SMILES string of the molecule is C[C@H](NC(=O)CNC(=O)C(C)(C)C)C(=O)O. The first-order valence-corrected chi connectivity index (χ1v) is 4.95. The van der Waals surface area contributed by atoms with Gasteiger partial charge in [-0.3, -0.25) is 14.4 Å². The van der Waals surface area contributed by atoms with Crippen LogP contribution in [-0.4, -0.2) is 35.5 Å². The number of hydrogen-bond donors (Lipinski definition) is 3. The van der Waals surface area contributed by atoms with Crippen LogP contribution >= 0.6 is 0 Å². The average Bonchev–Trinajstić information content (AvgIpc) is 2.12. The maximum atomic E-state index is 11.4. The largest absolute Gasteiger partial charge is 0.480 e. The molecule has 0 heterocycles. The first-order valence-electron chi connectivity index (χ1n) is 4.95. The molecule has 0 aromatic heterocycles. The highest BCUT2D eigenvalue weighted by atomic mass is 16.4. The van der Waals surface area contributed by atoms with Crippen LogP contribution in [0.2, 0.25) is 0 Å². The standard InChI is InChI=1S/C10H18N2O4/c1-6(8(14)15)12-7(13)5-11-9(16)10(2,3)4/h6H,5H2,1-4H3,(H,11,16)(H,12,13)(H,14,15)/t6-/m0/s1. The van der Waals surface area contributed by atoms with E-state index >= 15 is 0 Å². The van der Waals surface area contributed by atoms with Gasteiger partial charge in [0.1, 0.15) is 6.04 Å². The van der Waals surface area contributed by atoms with Crippen molar-refractivity contribution in [1.82, 2.24) is 10.6 Å². The van der Waals surface area contributed by atoms with Gasteiger partial charge in [0.05, 0.1) is 6.54 Å². The van der Waals surface area contributed by atoms with Crippen molar-refractivity contribution in [2.75, 3.05) is 6.54 Å².